The Balaban J connectivity index is 2.40. The molecule has 0 aliphatic heterocycles. The molecule has 100 valence electrons. The summed E-state index contributed by atoms with van der Waals surface area (Å²) >= 11 is 6.10. The summed E-state index contributed by atoms with van der Waals surface area (Å²) in [6, 6.07) is 10.4. The van der Waals surface area contributed by atoms with Crippen LogP contribution in [0.25, 0.3) is 0 Å². The monoisotopic (exact) mass is 285 g/mol. The Morgan fingerprint density at radius 2 is 1.85 bits per heavy atom. The summed E-state index contributed by atoms with van der Waals surface area (Å²) in [6.45, 7) is 3.78. The van der Waals surface area contributed by atoms with Gasteiger partial charge >= 0.3 is 0 Å². The number of hydrogen-bond donors (Lipinski definition) is 0. The molecule has 0 saturated carbocycles. The molecule has 3 nitrogen and oxygen atoms in total. The lowest BCUT2D eigenvalue weighted by Crippen LogP contribution is -1.92. The third-order valence-electron chi connectivity index (χ3n) is 2.90. The molecule has 0 N–H and O–H groups in total. The maximum Gasteiger partial charge on any atom is 0.150 e. The van der Waals surface area contributed by atoms with Crippen LogP contribution in [0.5, 0.6) is 11.5 Å². The Kier molecular flexibility index (Phi) is 4.07. The van der Waals surface area contributed by atoms with Gasteiger partial charge in [-0.25, -0.2) is 0 Å². The summed E-state index contributed by atoms with van der Waals surface area (Å²) in [7, 11) is 0. The molecule has 0 aromatic heterocycles. The van der Waals surface area contributed by atoms with Gasteiger partial charge in [0.05, 0.1) is 5.56 Å². The van der Waals surface area contributed by atoms with Gasteiger partial charge in [0.15, 0.2) is 0 Å². The van der Waals surface area contributed by atoms with Crippen molar-refractivity contribution in [1.29, 1.82) is 5.26 Å². The Labute approximate surface area is 122 Å². The number of carbonyl (C=O) groups is 1. The van der Waals surface area contributed by atoms with Gasteiger partial charge in [0, 0.05) is 10.6 Å². The predicted molar refractivity (Wildman–Crippen MR) is 77.5 cm³/mol. The molecule has 0 fully saturated rings. The fourth-order valence-corrected chi connectivity index (χ4v) is 2.00. The number of aryl methyl sites for hydroxylation is 2. The van der Waals surface area contributed by atoms with E-state index in [0.717, 1.165) is 11.1 Å². The Morgan fingerprint density at radius 3 is 2.40 bits per heavy atom. The van der Waals surface area contributed by atoms with Crippen LogP contribution in [0, 0.1) is 25.2 Å². The molecular formula is C16H12ClNO2. The minimum atomic E-state index is 0.319. The van der Waals surface area contributed by atoms with Crippen LogP contribution in [-0.4, -0.2) is 6.29 Å². The first-order valence-electron chi connectivity index (χ1n) is 5.99. The van der Waals surface area contributed by atoms with Gasteiger partial charge in [0.25, 0.3) is 0 Å². The highest BCUT2D eigenvalue weighted by Crippen LogP contribution is 2.30. The van der Waals surface area contributed by atoms with E-state index in [0.29, 0.717) is 33.9 Å². The van der Waals surface area contributed by atoms with E-state index < -0.39 is 0 Å². The lowest BCUT2D eigenvalue weighted by molar-refractivity contribution is 0.112. The quantitative estimate of drug-likeness (QED) is 0.784. The van der Waals surface area contributed by atoms with Crippen molar-refractivity contribution in [3.63, 3.8) is 0 Å². The summed E-state index contributed by atoms with van der Waals surface area (Å²) in [4.78, 5) is 10.7. The van der Waals surface area contributed by atoms with Crippen LogP contribution in [0.1, 0.15) is 27.0 Å². The second-order valence-corrected chi connectivity index (χ2v) is 4.84. The molecule has 0 unspecified atom stereocenters. The van der Waals surface area contributed by atoms with Crippen LogP contribution in [0.4, 0.5) is 0 Å². The molecule has 0 saturated heterocycles. The zero-order valence-electron chi connectivity index (χ0n) is 11.1. The molecular weight excluding hydrogens is 274 g/mol. The van der Waals surface area contributed by atoms with Crippen molar-refractivity contribution in [3.05, 3.63) is 57.6 Å². The van der Waals surface area contributed by atoms with Gasteiger partial charge in [0.2, 0.25) is 0 Å². The summed E-state index contributed by atoms with van der Waals surface area (Å²) in [5.74, 6) is 1.03. The second-order valence-electron chi connectivity index (χ2n) is 4.46. The number of nitrogens with zero attached hydrogens (tertiary/aromatic N) is 1. The van der Waals surface area contributed by atoms with Gasteiger partial charge in [-0.3, -0.25) is 4.79 Å². The van der Waals surface area contributed by atoms with Gasteiger partial charge < -0.3 is 4.74 Å². The molecule has 0 aliphatic carbocycles. The lowest BCUT2D eigenvalue weighted by atomic mass is 10.1. The molecule has 0 radical (unpaired) electrons. The van der Waals surface area contributed by atoms with Gasteiger partial charge in [-0.05, 0) is 55.3 Å². The third kappa shape index (κ3) is 2.81. The molecule has 0 aliphatic rings. The van der Waals surface area contributed by atoms with Crippen LogP contribution in [0.15, 0.2) is 30.3 Å². The Hall–Kier alpha value is -2.31. The number of benzene rings is 2. The zero-order valence-corrected chi connectivity index (χ0v) is 11.9. The number of rotatable bonds is 3. The van der Waals surface area contributed by atoms with Gasteiger partial charge in [-0.2, -0.15) is 5.26 Å². The normalized spacial score (nSPS) is 9.90. The van der Waals surface area contributed by atoms with E-state index in [1.165, 1.54) is 6.07 Å². The number of hydrogen-bond acceptors (Lipinski definition) is 3. The van der Waals surface area contributed by atoms with E-state index in [4.69, 9.17) is 21.6 Å². The number of ether oxygens (including phenoxy) is 1. The van der Waals surface area contributed by atoms with Crippen LogP contribution in [-0.2, 0) is 0 Å². The summed E-state index contributed by atoms with van der Waals surface area (Å²) in [6.07, 6.45) is 0.696. The number of aldehydes is 1. The van der Waals surface area contributed by atoms with E-state index in [1.807, 2.05) is 32.0 Å². The predicted octanol–water partition coefficient (Wildman–Crippen LogP) is 4.43. The summed E-state index contributed by atoms with van der Waals surface area (Å²) in [5, 5.41) is 9.81. The van der Waals surface area contributed by atoms with E-state index in [9.17, 15) is 4.79 Å². The fraction of sp³-hybridized carbons (Fsp3) is 0.125. The first-order chi connectivity index (χ1) is 9.55. The molecule has 0 heterocycles. The van der Waals surface area contributed by atoms with Gasteiger partial charge in [0.1, 0.15) is 23.9 Å². The topological polar surface area (TPSA) is 50.1 Å². The van der Waals surface area contributed by atoms with Crippen molar-refractivity contribution in [2.24, 2.45) is 0 Å². The van der Waals surface area contributed by atoms with Crippen LogP contribution >= 0.6 is 11.6 Å². The highest BCUT2D eigenvalue weighted by molar-refractivity contribution is 6.32. The second kappa shape index (κ2) is 5.77. The average Bonchev–Trinajstić information content (AvgIpc) is 2.45. The first-order valence-corrected chi connectivity index (χ1v) is 6.37. The molecule has 0 bridgehead atoms. The van der Waals surface area contributed by atoms with Crippen molar-refractivity contribution >= 4 is 17.9 Å². The zero-order chi connectivity index (χ0) is 14.7. The van der Waals surface area contributed by atoms with Crippen LogP contribution in [0.2, 0.25) is 5.02 Å². The molecule has 2 aromatic rings. The minimum absolute atomic E-state index is 0.319. The SMILES string of the molecule is Cc1cc(Oc2ccc(C=O)cc2C#N)cc(C)c1Cl. The van der Waals surface area contributed by atoms with E-state index in [-0.39, 0.29) is 0 Å². The van der Waals surface area contributed by atoms with Gasteiger partial charge in [-0.15, -0.1) is 0 Å². The van der Waals surface area contributed by atoms with Gasteiger partial charge in [-0.1, -0.05) is 11.6 Å². The van der Waals surface area contributed by atoms with Crippen LogP contribution < -0.4 is 4.74 Å². The number of nitriles is 1. The smallest absolute Gasteiger partial charge is 0.150 e. The fourth-order valence-electron chi connectivity index (χ4n) is 1.89. The molecule has 4 heteroatoms. The van der Waals surface area contributed by atoms with E-state index in [2.05, 4.69) is 0 Å². The summed E-state index contributed by atoms with van der Waals surface area (Å²) in [5.41, 5.74) is 2.58. The Bertz CT molecular complexity index is 694. The number of carbonyl (C=O) groups excluding carboxylic acids is 1. The van der Waals surface area contributed by atoms with Crippen molar-refractivity contribution in [2.75, 3.05) is 0 Å². The standard InChI is InChI=1S/C16H12ClNO2/c1-10-5-14(6-11(2)16(10)17)20-15-4-3-12(9-19)7-13(15)8-18/h3-7,9H,1-2H3. The molecule has 0 amide bonds. The highest BCUT2D eigenvalue weighted by atomic mass is 35.5. The molecule has 2 aromatic carbocycles. The van der Waals surface area contributed by atoms with E-state index in [1.54, 1.807) is 12.1 Å². The number of halogens is 1. The molecule has 0 atom stereocenters. The molecule has 20 heavy (non-hydrogen) atoms. The first kappa shape index (κ1) is 14.1. The van der Waals surface area contributed by atoms with Crippen LogP contribution in [0.3, 0.4) is 0 Å². The summed E-state index contributed by atoms with van der Waals surface area (Å²) < 4.78 is 5.72. The minimum Gasteiger partial charge on any atom is -0.456 e. The lowest BCUT2D eigenvalue weighted by Gasteiger charge is -2.11. The van der Waals surface area contributed by atoms with E-state index >= 15 is 0 Å². The Morgan fingerprint density at radius 1 is 1.20 bits per heavy atom. The maximum absolute atomic E-state index is 10.7. The highest BCUT2D eigenvalue weighted by Gasteiger charge is 2.08. The molecule has 0 spiro atoms. The van der Waals surface area contributed by atoms with Crippen molar-refractivity contribution in [3.8, 4) is 17.6 Å². The maximum atomic E-state index is 10.7. The van der Waals surface area contributed by atoms with Crippen molar-refractivity contribution in [2.45, 2.75) is 13.8 Å². The average molecular weight is 286 g/mol. The van der Waals surface area contributed by atoms with Crippen molar-refractivity contribution < 1.29 is 9.53 Å². The largest absolute Gasteiger partial charge is 0.456 e. The van der Waals surface area contributed by atoms with Crippen molar-refractivity contribution in [1.82, 2.24) is 0 Å². The third-order valence-corrected chi connectivity index (χ3v) is 3.49. The molecule has 2 rings (SSSR count).